The number of fused-ring (bicyclic) bond motifs is 1. The van der Waals surface area contributed by atoms with E-state index in [1.165, 1.54) is 38.1 Å². The van der Waals surface area contributed by atoms with Gasteiger partial charge in [-0.1, -0.05) is 12.1 Å². The van der Waals surface area contributed by atoms with Gasteiger partial charge < -0.3 is 19.5 Å². The first-order chi connectivity index (χ1) is 15.3. The van der Waals surface area contributed by atoms with E-state index in [0.29, 0.717) is 45.5 Å². The van der Waals surface area contributed by atoms with Gasteiger partial charge in [0.15, 0.2) is 17.1 Å². The van der Waals surface area contributed by atoms with Crippen LogP contribution in [0.15, 0.2) is 54.9 Å². The van der Waals surface area contributed by atoms with Gasteiger partial charge in [0.25, 0.3) is 0 Å². The molecule has 0 atom stereocenters. The lowest BCUT2D eigenvalue weighted by Crippen LogP contribution is -2.04. The Morgan fingerprint density at radius 3 is 2.28 bits per heavy atom. The highest BCUT2D eigenvalue weighted by molar-refractivity contribution is 5.78. The van der Waals surface area contributed by atoms with Crippen molar-refractivity contribution < 1.29 is 27.4 Å². The van der Waals surface area contributed by atoms with E-state index in [4.69, 9.17) is 14.2 Å². The standard InChI is InChI=1S/C22H19F3N4O3/c1-30-17-10-15(11-18(31-2)20(17)32-3)27-19-7-8-29-21(28-19)16(12-26-29)13-5-4-6-14(9-13)22(23,24)25/h4-12H,1-3H3,(H,27,28). The molecule has 0 saturated heterocycles. The van der Waals surface area contributed by atoms with Crippen LogP contribution in [0.4, 0.5) is 24.7 Å². The molecule has 4 rings (SSSR count). The minimum absolute atomic E-state index is 0.368. The molecule has 0 amide bonds. The maximum absolute atomic E-state index is 13.1. The van der Waals surface area contributed by atoms with Gasteiger partial charge in [-0.05, 0) is 23.8 Å². The number of aromatic nitrogens is 3. The summed E-state index contributed by atoms with van der Waals surface area (Å²) in [5.74, 6) is 1.83. The molecular weight excluding hydrogens is 425 g/mol. The van der Waals surface area contributed by atoms with E-state index in [1.807, 2.05) is 0 Å². The lowest BCUT2D eigenvalue weighted by molar-refractivity contribution is -0.137. The van der Waals surface area contributed by atoms with Gasteiger partial charge >= 0.3 is 6.18 Å². The zero-order valence-electron chi connectivity index (χ0n) is 17.4. The molecule has 2 aromatic heterocycles. The molecule has 2 heterocycles. The van der Waals surface area contributed by atoms with E-state index in [-0.39, 0.29) is 0 Å². The molecule has 2 aromatic carbocycles. The van der Waals surface area contributed by atoms with Crippen molar-refractivity contribution in [3.8, 4) is 28.4 Å². The third kappa shape index (κ3) is 3.98. The number of nitrogens with one attached hydrogen (secondary N) is 1. The average molecular weight is 444 g/mol. The molecular formula is C22H19F3N4O3. The van der Waals surface area contributed by atoms with Crippen LogP contribution in [-0.4, -0.2) is 35.9 Å². The predicted molar refractivity (Wildman–Crippen MR) is 113 cm³/mol. The first kappa shape index (κ1) is 21.3. The summed E-state index contributed by atoms with van der Waals surface area (Å²) >= 11 is 0. The third-order valence-corrected chi connectivity index (χ3v) is 4.81. The van der Waals surface area contributed by atoms with Crippen molar-refractivity contribution in [3.05, 3.63) is 60.4 Å². The Labute approximate surface area is 181 Å². The maximum atomic E-state index is 13.1. The number of alkyl halides is 3. The molecule has 32 heavy (non-hydrogen) atoms. The normalized spacial score (nSPS) is 11.4. The van der Waals surface area contributed by atoms with E-state index in [9.17, 15) is 13.2 Å². The fourth-order valence-corrected chi connectivity index (χ4v) is 3.31. The summed E-state index contributed by atoms with van der Waals surface area (Å²) in [7, 11) is 4.54. The first-order valence-corrected chi connectivity index (χ1v) is 9.43. The molecule has 7 nitrogen and oxygen atoms in total. The minimum Gasteiger partial charge on any atom is -0.493 e. The number of methoxy groups -OCH3 is 3. The van der Waals surface area contributed by atoms with Crippen LogP contribution in [0.5, 0.6) is 17.2 Å². The van der Waals surface area contributed by atoms with E-state index >= 15 is 0 Å². The summed E-state index contributed by atoms with van der Waals surface area (Å²) in [4.78, 5) is 4.55. The van der Waals surface area contributed by atoms with Gasteiger partial charge in [-0.2, -0.15) is 18.3 Å². The number of rotatable bonds is 6. The summed E-state index contributed by atoms with van der Waals surface area (Å²) in [5, 5.41) is 7.35. The quantitative estimate of drug-likeness (QED) is 0.442. The summed E-state index contributed by atoms with van der Waals surface area (Å²) in [6, 6.07) is 10.2. The number of hydrogen-bond acceptors (Lipinski definition) is 6. The topological polar surface area (TPSA) is 69.9 Å². The average Bonchev–Trinajstić information content (AvgIpc) is 3.21. The molecule has 0 bridgehead atoms. The fourth-order valence-electron chi connectivity index (χ4n) is 3.31. The molecule has 10 heteroatoms. The van der Waals surface area contributed by atoms with E-state index in [0.717, 1.165) is 12.1 Å². The van der Waals surface area contributed by atoms with Crippen LogP contribution in [0.1, 0.15) is 5.56 Å². The van der Waals surface area contributed by atoms with Gasteiger partial charge in [0.1, 0.15) is 5.82 Å². The summed E-state index contributed by atoms with van der Waals surface area (Å²) in [6.07, 6.45) is -1.29. The van der Waals surface area contributed by atoms with Gasteiger partial charge in [-0.25, -0.2) is 9.50 Å². The van der Waals surface area contributed by atoms with Gasteiger partial charge in [-0.15, -0.1) is 0 Å². The molecule has 166 valence electrons. The molecule has 0 fully saturated rings. The van der Waals surface area contributed by atoms with Crippen molar-refractivity contribution in [2.75, 3.05) is 26.6 Å². The number of halogens is 3. The fraction of sp³-hybridized carbons (Fsp3) is 0.182. The second-order valence-corrected chi connectivity index (χ2v) is 6.76. The molecule has 0 radical (unpaired) electrons. The Bertz CT molecular complexity index is 1250. The monoisotopic (exact) mass is 444 g/mol. The van der Waals surface area contributed by atoms with Crippen molar-refractivity contribution >= 4 is 17.2 Å². The van der Waals surface area contributed by atoms with Crippen LogP contribution >= 0.6 is 0 Å². The zero-order chi connectivity index (χ0) is 22.9. The largest absolute Gasteiger partial charge is 0.493 e. The highest BCUT2D eigenvalue weighted by Gasteiger charge is 2.30. The Morgan fingerprint density at radius 2 is 1.66 bits per heavy atom. The Hall–Kier alpha value is -3.95. The van der Waals surface area contributed by atoms with Crippen molar-refractivity contribution in [2.45, 2.75) is 6.18 Å². The molecule has 0 aliphatic carbocycles. The number of ether oxygens (including phenoxy) is 3. The maximum Gasteiger partial charge on any atom is 0.416 e. The Balaban J connectivity index is 1.73. The predicted octanol–water partition coefficient (Wildman–Crippen LogP) is 5.18. The molecule has 0 saturated carbocycles. The third-order valence-electron chi connectivity index (χ3n) is 4.81. The minimum atomic E-state index is -4.44. The van der Waals surface area contributed by atoms with Crippen LogP contribution < -0.4 is 19.5 Å². The first-order valence-electron chi connectivity index (χ1n) is 9.43. The van der Waals surface area contributed by atoms with Gasteiger partial charge in [0, 0.05) is 29.6 Å². The van der Waals surface area contributed by atoms with Crippen molar-refractivity contribution in [3.63, 3.8) is 0 Å². The van der Waals surface area contributed by atoms with Crippen LogP contribution in [0.2, 0.25) is 0 Å². The number of anilines is 2. The van der Waals surface area contributed by atoms with Crippen molar-refractivity contribution in [1.82, 2.24) is 14.6 Å². The Morgan fingerprint density at radius 1 is 0.938 bits per heavy atom. The van der Waals surface area contributed by atoms with E-state index < -0.39 is 11.7 Å². The molecule has 0 unspecified atom stereocenters. The van der Waals surface area contributed by atoms with Crippen LogP contribution in [0, 0.1) is 0 Å². The highest BCUT2D eigenvalue weighted by Crippen LogP contribution is 2.40. The number of hydrogen-bond donors (Lipinski definition) is 1. The Kier molecular flexibility index (Phi) is 5.52. The lowest BCUT2D eigenvalue weighted by Gasteiger charge is -2.15. The van der Waals surface area contributed by atoms with Crippen molar-refractivity contribution in [1.29, 1.82) is 0 Å². The van der Waals surface area contributed by atoms with Gasteiger partial charge in [-0.3, -0.25) is 0 Å². The summed E-state index contributed by atoms with van der Waals surface area (Å²) in [6.45, 7) is 0. The molecule has 4 aromatic rings. The lowest BCUT2D eigenvalue weighted by atomic mass is 10.1. The van der Waals surface area contributed by atoms with E-state index in [2.05, 4.69) is 15.4 Å². The smallest absolute Gasteiger partial charge is 0.416 e. The van der Waals surface area contributed by atoms with Gasteiger partial charge in [0.2, 0.25) is 5.75 Å². The number of benzene rings is 2. The van der Waals surface area contributed by atoms with Crippen LogP contribution in [-0.2, 0) is 6.18 Å². The van der Waals surface area contributed by atoms with Crippen molar-refractivity contribution in [2.24, 2.45) is 0 Å². The molecule has 0 spiro atoms. The summed E-state index contributed by atoms with van der Waals surface area (Å²) in [5.41, 5.74) is 1.14. The second kappa shape index (κ2) is 8.29. The molecule has 1 N–H and O–H groups in total. The highest BCUT2D eigenvalue weighted by atomic mass is 19.4. The molecule has 0 aliphatic rings. The summed E-state index contributed by atoms with van der Waals surface area (Å²) < 4.78 is 56.9. The van der Waals surface area contributed by atoms with Crippen LogP contribution in [0.25, 0.3) is 16.8 Å². The molecule has 0 aliphatic heterocycles. The number of nitrogens with zero attached hydrogens (tertiary/aromatic N) is 3. The van der Waals surface area contributed by atoms with Crippen LogP contribution in [0.3, 0.4) is 0 Å². The SMILES string of the molecule is COc1cc(Nc2ccn3ncc(-c4cccc(C(F)(F)F)c4)c3n2)cc(OC)c1OC. The van der Waals surface area contributed by atoms with Gasteiger partial charge in [0.05, 0.1) is 33.1 Å². The zero-order valence-corrected chi connectivity index (χ0v) is 17.4. The second-order valence-electron chi connectivity index (χ2n) is 6.76. The van der Waals surface area contributed by atoms with E-state index in [1.54, 1.807) is 30.5 Å².